The maximum absolute atomic E-state index is 11.7. The van der Waals surface area contributed by atoms with Crippen LogP contribution in [0.1, 0.15) is 30.6 Å². The molecule has 1 atom stereocenters. The van der Waals surface area contributed by atoms with Crippen molar-refractivity contribution in [3.8, 4) is 0 Å². The molecule has 0 saturated heterocycles. The maximum atomic E-state index is 11.7. The van der Waals surface area contributed by atoms with Gasteiger partial charge in [0.25, 0.3) is 0 Å². The quantitative estimate of drug-likeness (QED) is 0.749. The number of anilines is 1. The first kappa shape index (κ1) is 15.7. The van der Waals surface area contributed by atoms with Gasteiger partial charge < -0.3 is 15.7 Å². The molecule has 0 spiro atoms. The van der Waals surface area contributed by atoms with E-state index in [1.165, 1.54) is 12.1 Å². The van der Waals surface area contributed by atoms with Crippen LogP contribution in [0.2, 0.25) is 0 Å². The Morgan fingerprint density at radius 3 is 2.68 bits per heavy atom. The molecule has 104 valence electrons. The molecule has 0 fully saturated rings. The minimum atomic E-state index is -1.03. The molecule has 0 saturated carbocycles. The van der Waals surface area contributed by atoms with E-state index in [1.54, 1.807) is 6.07 Å². The molecule has 0 aliphatic carbocycles. The summed E-state index contributed by atoms with van der Waals surface area (Å²) in [7, 11) is 0. The van der Waals surface area contributed by atoms with Crippen LogP contribution in [0.5, 0.6) is 0 Å². The van der Waals surface area contributed by atoms with Crippen molar-refractivity contribution in [3.05, 3.63) is 28.2 Å². The second-order valence-corrected chi connectivity index (χ2v) is 5.09. The first-order valence-corrected chi connectivity index (χ1v) is 6.79. The van der Waals surface area contributed by atoms with E-state index in [2.05, 4.69) is 26.6 Å². The fraction of sp³-hybridized carbons (Fsp3) is 0.385. The van der Waals surface area contributed by atoms with Crippen LogP contribution >= 0.6 is 15.9 Å². The number of carboxylic acid groups (broad SMARTS) is 1. The highest BCUT2D eigenvalue weighted by molar-refractivity contribution is 9.10. The molecule has 1 unspecified atom stereocenters. The van der Waals surface area contributed by atoms with Crippen molar-refractivity contribution in [2.75, 3.05) is 11.9 Å². The first-order valence-electron chi connectivity index (χ1n) is 6.00. The lowest BCUT2D eigenvalue weighted by atomic mass is 10.2. The molecule has 0 bridgehead atoms. The van der Waals surface area contributed by atoms with Crippen LogP contribution in [0.15, 0.2) is 22.7 Å². The van der Waals surface area contributed by atoms with Crippen LogP contribution < -0.4 is 10.6 Å². The summed E-state index contributed by atoms with van der Waals surface area (Å²) < 4.78 is 0.648. The van der Waals surface area contributed by atoms with Crippen molar-refractivity contribution in [2.45, 2.75) is 26.3 Å². The Morgan fingerprint density at radius 1 is 1.42 bits per heavy atom. The fourth-order valence-corrected chi connectivity index (χ4v) is 1.71. The highest BCUT2D eigenvalue weighted by atomic mass is 79.9. The number of halogens is 1. The Kier molecular flexibility index (Phi) is 5.98. The third-order valence-electron chi connectivity index (χ3n) is 2.71. The van der Waals surface area contributed by atoms with E-state index in [0.29, 0.717) is 10.2 Å². The van der Waals surface area contributed by atoms with Crippen LogP contribution in [-0.4, -0.2) is 29.6 Å². The molecule has 1 aromatic carbocycles. The van der Waals surface area contributed by atoms with Crippen LogP contribution in [-0.2, 0) is 4.79 Å². The summed E-state index contributed by atoms with van der Waals surface area (Å²) in [5.41, 5.74) is 0.587. The summed E-state index contributed by atoms with van der Waals surface area (Å²) in [5.74, 6) is -1.23. The van der Waals surface area contributed by atoms with Gasteiger partial charge in [-0.15, -0.1) is 0 Å². The van der Waals surface area contributed by atoms with E-state index < -0.39 is 5.97 Å². The highest BCUT2D eigenvalue weighted by Crippen LogP contribution is 2.23. The minimum absolute atomic E-state index is 0.133. The normalized spacial score (nSPS) is 11.9. The number of amides is 1. The first-order chi connectivity index (χ1) is 8.93. The maximum Gasteiger partial charge on any atom is 0.335 e. The second kappa shape index (κ2) is 7.25. The van der Waals surface area contributed by atoms with Crippen molar-refractivity contribution >= 4 is 33.5 Å². The van der Waals surface area contributed by atoms with Crippen LogP contribution in [0.3, 0.4) is 0 Å². The largest absolute Gasteiger partial charge is 0.478 e. The predicted octanol–water partition coefficient (Wildman–Crippen LogP) is 2.47. The SMILES string of the molecule is CCC(C)NCC(=O)Nc1cc(C(=O)O)ccc1Br. The molecule has 0 heterocycles. The number of rotatable bonds is 6. The third kappa shape index (κ3) is 5.00. The molecule has 1 rings (SSSR count). The number of carbonyl (C=O) groups is 2. The Bertz CT molecular complexity index is 477. The Balaban J connectivity index is 2.68. The molecule has 0 radical (unpaired) electrons. The zero-order valence-electron chi connectivity index (χ0n) is 10.9. The van der Waals surface area contributed by atoms with Crippen molar-refractivity contribution in [3.63, 3.8) is 0 Å². The Labute approximate surface area is 120 Å². The molecule has 6 heteroatoms. The van der Waals surface area contributed by atoms with Crippen LogP contribution in [0.25, 0.3) is 0 Å². The number of hydrogen-bond donors (Lipinski definition) is 3. The molecule has 5 nitrogen and oxygen atoms in total. The number of carbonyl (C=O) groups excluding carboxylic acids is 1. The van der Waals surface area contributed by atoms with E-state index in [4.69, 9.17) is 5.11 Å². The smallest absolute Gasteiger partial charge is 0.335 e. The van der Waals surface area contributed by atoms with Crippen LogP contribution in [0.4, 0.5) is 5.69 Å². The van der Waals surface area contributed by atoms with E-state index in [1.807, 2.05) is 13.8 Å². The van der Waals surface area contributed by atoms with Gasteiger partial charge in [-0.3, -0.25) is 4.79 Å². The molecular formula is C13H17BrN2O3. The topological polar surface area (TPSA) is 78.4 Å². The lowest BCUT2D eigenvalue weighted by Crippen LogP contribution is -2.34. The monoisotopic (exact) mass is 328 g/mol. The lowest BCUT2D eigenvalue weighted by Gasteiger charge is -2.12. The summed E-state index contributed by atoms with van der Waals surface area (Å²) >= 11 is 3.27. The zero-order valence-corrected chi connectivity index (χ0v) is 12.5. The van der Waals surface area contributed by atoms with Gasteiger partial charge >= 0.3 is 5.97 Å². The summed E-state index contributed by atoms with van der Waals surface area (Å²) in [5, 5.41) is 14.6. The van der Waals surface area contributed by atoms with E-state index in [0.717, 1.165) is 6.42 Å². The van der Waals surface area contributed by atoms with Gasteiger partial charge in [-0.25, -0.2) is 4.79 Å². The standard InChI is InChI=1S/C13H17BrN2O3/c1-3-8(2)15-7-12(17)16-11-6-9(13(18)19)4-5-10(11)14/h4-6,8,15H,3,7H2,1-2H3,(H,16,17)(H,18,19). The fourth-order valence-electron chi connectivity index (χ4n) is 1.36. The molecule has 1 aromatic rings. The lowest BCUT2D eigenvalue weighted by molar-refractivity contribution is -0.115. The number of carboxylic acids is 1. The summed E-state index contributed by atoms with van der Waals surface area (Å²) in [6.07, 6.45) is 0.936. The third-order valence-corrected chi connectivity index (χ3v) is 3.40. The van der Waals surface area contributed by atoms with Gasteiger partial charge in [0, 0.05) is 10.5 Å². The van der Waals surface area contributed by atoms with Gasteiger partial charge in [-0.1, -0.05) is 6.92 Å². The van der Waals surface area contributed by atoms with Crippen LogP contribution in [0, 0.1) is 0 Å². The summed E-state index contributed by atoms with van der Waals surface area (Å²) in [6, 6.07) is 4.76. The van der Waals surface area contributed by atoms with Crippen molar-refractivity contribution in [2.24, 2.45) is 0 Å². The van der Waals surface area contributed by atoms with E-state index >= 15 is 0 Å². The molecule has 0 aliphatic rings. The Hall–Kier alpha value is -1.40. The average molecular weight is 329 g/mol. The van der Waals surface area contributed by atoms with Crippen molar-refractivity contribution < 1.29 is 14.7 Å². The molecule has 0 aliphatic heterocycles. The van der Waals surface area contributed by atoms with E-state index in [-0.39, 0.29) is 24.1 Å². The van der Waals surface area contributed by atoms with Crippen molar-refractivity contribution in [1.82, 2.24) is 5.32 Å². The predicted molar refractivity (Wildman–Crippen MR) is 77.5 cm³/mol. The highest BCUT2D eigenvalue weighted by Gasteiger charge is 2.10. The van der Waals surface area contributed by atoms with Gasteiger partial charge in [0.2, 0.25) is 5.91 Å². The molecule has 0 aromatic heterocycles. The van der Waals surface area contributed by atoms with Gasteiger partial charge in [-0.05, 0) is 47.5 Å². The molecule has 19 heavy (non-hydrogen) atoms. The zero-order chi connectivity index (χ0) is 14.4. The average Bonchev–Trinajstić information content (AvgIpc) is 2.38. The number of hydrogen-bond acceptors (Lipinski definition) is 3. The van der Waals surface area contributed by atoms with Gasteiger partial charge in [-0.2, -0.15) is 0 Å². The summed E-state index contributed by atoms with van der Waals surface area (Å²) in [6.45, 7) is 4.22. The van der Waals surface area contributed by atoms with E-state index in [9.17, 15) is 9.59 Å². The van der Waals surface area contributed by atoms with Gasteiger partial charge in [0.05, 0.1) is 17.8 Å². The van der Waals surface area contributed by atoms with Gasteiger partial charge in [0.1, 0.15) is 0 Å². The number of nitrogens with one attached hydrogen (secondary N) is 2. The molecule has 3 N–H and O–H groups in total. The minimum Gasteiger partial charge on any atom is -0.478 e. The van der Waals surface area contributed by atoms with Crippen molar-refractivity contribution in [1.29, 1.82) is 0 Å². The Morgan fingerprint density at radius 2 is 2.11 bits per heavy atom. The molecule has 1 amide bonds. The second-order valence-electron chi connectivity index (χ2n) is 4.24. The summed E-state index contributed by atoms with van der Waals surface area (Å²) in [4.78, 5) is 22.6. The van der Waals surface area contributed by atoms with Gasteiger partial charge in [0.15, 0.2) is 0 Å². The number of aromatic carboxylic acids is 1. The number of benzene rings is 1. The molecular weight excluding hydrogens is 312 g/mol.